The van der Waals surface area contributed by atoms with Crippen LogP contribution >= 0.6 is 11.6 Å². The molecule has 0 heterocycles. The highest BCUT2D eigenvalue weighted by molar-refractivity contribution is 6.31. The lowest BCUT2D eigenvalue weighted by Gasteiger charge is -2.12. The predicted octanol–water partition coefficient (Wildman–Crippen LogP) is 3.34. The normalized spacial score (nSPS) is 10.9. The molecule has 0 radical (unpaired) electrons. The molecule has 1 aromatic carbocycles. The van der Waals surface area contributed by atoms with E-state index in [0.717, 1.165) is 6.07 Å². The van der Waals surface area contributed by atoms with Gasteiger partial charge in [-0.2, -0.15) is 18.4 Å². The molecule has 0 amide bonds. The molecule has 102 valence electrons. The molecule has 7 heteroatoms. The first-order valence-electron chi connectivity index (χ1n) is 5.25. The van der Waals surface area contributed by atoms with Crippen molar-refractivity contribution in [2.24, 2.45) is 0 Å². The van der Waals surface area contributed by atoms with E-state index in [1.54, 1.807) is 13.0 Å². The first kappa shape index (κ1) is 15.3. The zero-order valence-corrected chi connectivity index (χ0v) is 10.6. The van der Waals surface area contributed by atoms with Gasteiger partial charge < -0.3 is 4.74 Å². The number of carbonyl (C=O) groups is 1. The molecular weight excluding hydrogens is 283 g/mol. The van der Waals surface area contributed by atoms with Crippen LogP contribution in [-0.4, -0.2) is 12.6 Å². The monoisotopic (exact) mass is 291 g/mol. The molecule has 0 fully saturated rings. The Morgan fingerprint density at radius 1 is 1.47 bits per heavy atom. The Bertz CT molecular complexity index is 535. The summed E-state index contributed by atoms with van der Waals surface area (Å²) in [5, 5.41) is 8.26. The summed E-state index contributed by atoms with van der Waals surface area (Å²) in [7, 11) is 0. The van der Waals surface area contributed by atoms with Crippen LogP contribution in [0.15, 0.2) is 12.1 Å². The van der Waals surface area contributed by atoms with Crippen molar-refractivity contribution >= 4 is 17.6 Å². The predicted molar refractivity (Wildman–Crippen MR) is 61.5 cm³/mol. The number of rotatable bonds is 3. The van der Waals surface area contributed by atoms with Crippen molar-refractivity contribution in [1.82, 2.24) is 0 Å². The Morgan fingerprint density at radius 2 is 2.11 bits per heavy atom. The molecule has 3 nitrogen and oxygen atoms in total. The Morgan fingerprint density at radius 3 is 2.58 bits per heavy atom. The van der Waals surface area contributed by atoms with Crippen molar-refractivity contribution in [1.29, 1.82) is 5.26 Å². The van der Waals surface area contributed by atoms with Gasteiger partial charge in [-0.15, -0.1) is 0 Å². The molecule has 19 heavy (non-hydrogen) atoms. The first-order chi connectivity index (χ1) is 8.79. The van der Waals surface area contributed by atoms with E-state index in [4.69, 9.17) is 16.9 Å². The fraction of sp³-hybridized carbons (Fsp3) is 0.333. The third-order valence-corrected chi connectivity index (χ3v) is 2.57. The number of halogens is 4. The van der Waals surface area contributed by atoms with Gasteiger partial charge in [0.05, 0.1) is 35.2 Å². The number of carbonyl (C=O) groups excluding carboxylic acids is 1. The molecule has 0 spiro atoms. The maximum atomic E-state index is 12.7. The molecule has 0 saturated carbocycles. The fourth-order valence-corrected chi connectivity index (χ4v) is 1.72. The van der Waals surface area contributed by atoms with E-state index in [1.807, 2.05) is 0 Å². The summed E-state index contributed by atoms with van der Waals surface area (Å²) in [5.41, 5.74) is -1.21. The van der Waals surface area contributed by atoms with Crippen molar-refractivity contribution in [3.05, 3.63) is 33.8 Å². The molecule has 0 aliphatic rings. The summed E-state index contributed by atoms with van der Waals surface area (Å²) < 4.78 is 42.6. The molecule has 0 aliphatic carbocycles. The summed E-state index contributed by atoms with van der Waals surface area (Å²) in [6.07, 6.45) is -5.05. The van der Waals surface area contributed by atoms with E-state index >= 15 is 0 Å². The van der Waals surface area contributed by atoms with E-state index in [1.165, 1.54) is 0 Å². The summed E-state index contributed by atoms with van der Waals surface area (Å²) in [6, 6.07) is 3.31. The van der Waals surface area contributed by atoms with Crippen LogP contribution in [0.3, 0.4) is 0 Å². The molecule has 0 N–H and O–H groups in total. The number of nitriles is 1. The van der Waals surface area contributed by atoms with E-state index in [2.05, 4.69) is 4.74 Å². The minimum Gasteiger partial charge on any atom is -0.466 e. The quantitative estimate of drug-likeness (QED) is 0.803. The lowest BCUT2D eigenvalue weighted by molar-refractivity contribution is -0.142. The van der Waals surface area contributed by atoms with Crippen LogP contribution in [0.1, 0.15) is 23.6 Å². The van der Waals surface area contributed by atoms with E-state index in [0.29, 0.717) is 6.07 Å². The smallest absolute Gasteiger partial charge is 0.417 e. The largest absolute Gasteiger partial charge is 0.466 e. The number of hydrogen-bond acceptors (Lipinski definition) is 3. The minimum atomic E-state index is -4.64. The lowest BCUT2D eigenvalue weighted by atomic mass is 10.0. The maximum Gasteiger partial charge on any atom is 0.417 e. The average Bonchev–Trinajstić information content (AvgIpc) is 2.29. The highest BCUT2D eigenvalue weighted by Gasteiger charge is 2.34. The standard InChI is InChI=1S/C12H9ClF3NO2/c1-2-19-11(18)5-7-3-9(12(14,15)16)10(13)4-8(7)6-17/h3-4H,2,5H2,1H3. The van der Waals surface area contributed by atoms with E-state index < -0.39 is 29.2 Å². The molecule has 0 unspecified atom stereocenters. The van der Waals surface area contributed by atoms with E-state index in [-0.39, 0.29) is 17.7 Å². The fourth-order valence-electron chi connectivity index (χ4n) is 1.45. The van der Waals surface area contributed by atoms with Crippen molar-refractivity contribution in [3.8, 4) is 6.07 Å². The number of nitrogens with zero attached hydrogens (tertiary/aromatic N) is 1. The summed E-state index contributed by atoms with van der Waals surface area (Å²) in [5.74, 6) is -0.700. The molecule has 0 saturated heterocycles. The van der Waals surface area contributed by atoms with Crippen molar-refractivity contribution < 1.29 is 22.7 Å². The van der Waals surface area contributed by atoms with Gasteiger partial charge in [-0.1, -0.05) is 11.6 Å². The SMILES string of the molecule is CCOC(=O)Cc1cc(C(F)(F)F)c(Cl)cc1C#N. The summed E-state index contributed by atoms with van der Waals surface area (Å²) in [4.78, 5) is 11.3. The second-order valence-electron chi connectivity index (χ2n) is 3.58. The first-order valence-corrected chi connectivity index (χ1v) is 5.62. The van der Waals surface area contributed by atoms with Crippen LogP contribution < -0.4 is 0 Å². The molecule has 0 bridgehead atoms. The number of hydrogen-bond donors (Lipinski definition) is 0. The van der Waals surface area contributed by atoms with Gasteiger partial charge in [0.25, 0.3) is 0 Å². The van der Waals surface area contributed by atoms with Gasteiger partial charge in [-0.25, -0.2) is 0 Å². The van der Waals surface area contributed by atoms with Crippen LogP contribution in [0.4, 0.5) is 13.2 Å². The summed E-state index contributed by atoms with van der Waals surface area (Å²) >= 11 is 5.48. The highest BCUT2D eigenvalue weighted by atomic mass is 35.5. The Hall–Kier alpha value is -1.74. The topological polar surface area (TPSA) is 50.1 Å². The van der Waals surface area contributed by atoms with Crippen molar-refractivity contribution in [2.45, 2.75) is 19.5 Å². The van der Waals surface area contributed by atoms with Crippen LogP contribution in [-0.2, 0) is 22.1 Å². The van der Waals surface area contributed by atoms with Gasteiger partial charge in [0, 0.05) is 0 Å². The van der Waals surface area contributed by atoms with Gasteiger partial charge in [-0.3, -0.25) is 4.79 Å². The zero-order valence-electron chi connectivity index (χ0n) is 9.84. The van der Waals surface area contributed by atoms with Gasteiger partial charge in [-0.05, 0) is 24.6 Å². The van der Waals surface area contributed by atoms with Crippen LogP contribution in [0, 0.1) is 11.3 Å². The number of alkyl halides is 3. The molecular formula is C12H9ClF3NO2. The van der Waals surface area contributed by atoms with Crippen LogP contribution in [0.2, 0.25) is 5.02 Å². The van der Waals surface area contributed by atoms with Gasteiger partial charge >= 0.3 is 12.1 Å². The maximum absolute atomic E-state index is 12.7. The molecule has 1 aromatic rings. The van der Waals surface area contributed by atoms with Crippen LogP contribution in [0.5, 0.6) is 0 Å². The third kappa shape index (κ3) is 3.86. The Labute approximate surface area is 112 Å². The van der Waals surface area contributed by atoms with Gasteiger partial charge in [0.1, 0.15) is 0 Å². The Kier molecular flexibility index (Phi) is 4.78. The Balaban J connectivity index is 3.23. The average molecular weight is 292 g/mol. The van der Waals surface area contributed by atoms with E-state index in [9.17, 15) is 18.0 Å². The summed E-state index contributed by atoms with van der Waals surface area (Å²) in [6.45, 7) is 1.69. The van der Waals surface area contributed by atoms with Crippen molar-refractivity contribution in [2.75, 3.05) is 6.61 Å². The number of benzene rings is 1. The second-order valence-corrected chi connectivity index (χ2v) is 3.99. The second kappa shape index (κ2) is 5.93. The highest BCUT2D eigenvalue weighted by Crippen LogP contribution is 2.36. The molecule has 1 rings (SSSR count). The van der Waals surface area contributed by atoms with Crippen LogP contribution in [0.25, 0.3) is 0 Å². The molecule has 0 aromatic heterocycles. The lowest BCUT2D eigenvalue weighted by Crippen LogP contribution is -2.12. The number of ether oxygens (including phenoxy) is 1. The van der Waals surface area contributed by atoms with Crippen molar-refractivity contribution in [3.63, 3.8) is 0 Å². The minimum absolute atomic E-state index is 0.0577. The number of esters is 1. The molecule has 0 aliphatic heterocycles. The molecule has 0 atom stereocenters. The van der Waals surface area contributed by atoms with Gasteiger partial charge in [0.15, 0.2) is 0 Å². The van der Waals surface area contributed by atoms with Gasteiger partial charge in [0.2, 0.25) is 0 Å². The zero-order chi connectivity index (χ0) is 14.6. The third-order valence-electron chi connectivity index (χ3n) is 2.26.